The Bertz CT molecular complexity index is 748. The van der Waals surface area contributed by atoms with Gasteiger partial charge in [-0.15, -0.1) is 5.10 Å². The van der Waals surface area contributed by atoms with Gasteiger partial charge in [0, 0.05) is 6.20 Å². The molecule has 0 radical (unpaired) electrons. The first kappa shape index (κ1) is 10.9. The fourth-order valence-electron chi connectivity index (χ4n) is 1.63. The fourth-order valence-corrected chi connectivity index (χ4v) is 1.73. The van der Waals surface area contributed by atoms with Crippen molar-refractivity contribution >= 4 is 22.8 Å². The van der Waals surface area contributed by atoms with Gasteiger partial charge in [0.25, 0.3) is 0 Å². The average molecular weight is 263 g/mol. The average Bonchev–Trinajstić information content (AvgIpc) is 2.69. The van der Waals surface area contributed by atoms with E-state index in [4.69, 9.17) is 16.0 Å². The van der Waals surface area contributed by atoms with Crippen LogP contribution in [0.5, 0.6) is 0 Å². The number of nitrogens with zero attached hydrogens (tertiary/aromatic N) is 4. The number of aromatic nitrogens is 4. The fraction of sp³-hybridized carbons (Fsp3) is 0.0909. The third-order valence-electron chi connectivity index (χ3n) is 2.43. The summed E-state index contributed by atoms with van der Waals surface area (Å²) in [6.45, 7) is 0.243. The molecule has 0 N–H and O–H groups in total. The lowest BCUT2D eigenvalue weighted by molar-refractivity contribution is 0.515. The molecule has 3 aromatic heterocycles. The van der Waals surface area contributed by atoms with Gasteiger partial charge < -0.3 is 4.42 Å². The molecular weight excluding hydrogens is 256 g/mol. The number of oxazole rings is 1. The zero-order chi connectivity index (χ0) is 12.5. The standard InChI is InChI=1S/C11H7ClN4O2/c12-9-4-3-7(14-15-9)6-16-10-8(18-11(16)17)2-1-5-13-10/h1-5H,6H2. The Balaban J connectivity index is 2.07. The number of hydrogen-bond donors (Lipinski definition) is 0. The van der Waals surface area contributed by atoms with Crippen molar-refractivity contribution in [3.63, 3.8) is 0 Å². The van der Waals surface area contributed by atoms with Crippen LogP contribution in [0.1, 0.15) is 5.69 Å². The highest BCUT2D eigenvalue weighted by molar-refractivity contribution is 6.29. The summed E-state index contributed by atoms with van der Waals surface area (Å²) >= 11 is 5.65. The Morgan fingerprint density at radius 3 is 2.94 bits per heavy atom. The Morgan fingerprint density at radius 1 is 1.28 bits per heavy atom. The second-order valence-corrected chi connectivity index (χ2v) is 4.01. The smallest absolute Gasteiger partial charge is 0.406 e. The zero-order valence-corrected chi connectivity index (χ0v) is 9.83. The highest BCUT2D eigenvalue weighted by Crippen LogP contribution is 2.10. The van der Waals surface area contributed by atoms with Gasteiger partial charge in [0.05, 0.1) is 12.2 Å². The van der Waals surface area contributed by atoms with Gasteiger partial charge in [0.2, 0.25) is 0 Å². The van der Waals surface area contributed by atoms with E-state index in [9.17, 15) is 4.79 Å². The van der Waals surface area contributed by atoms with E-state index in [-0.39, 0.29) is 6.54 Å². The largest absolute Gasteiger partial charge is 0.421 e. The first-order valence-electron chi connectivity index (χ1n) is 5.16. The van der Waals surface area contributed by atoms with Crippen LogP contribution in [0, 0.1) is 0 Å². The van der Waals surface area contributed by atoms with Crippen molar-refractivity contribution in [1.29, 1.82) is 0 Å². The van der Waals surface area contributed by atoms with E-state index < -0.39 is 5.76 Å². The van der Waals surface area contributed by atoms with Crippen molar-refractivity contribution in [3.05, 3.63) is 51.9 Å². The zero-order valence-electron chi connectivity index (χ0n) is 9.08. The molecule has 0 amide bonds. The first-order chi connectivity index (χ1) is 8.74. The highest BCUT2D eigenvalue weighted by atomic mass is 35.5. The van der Waals surface area contributed by atoms with Gasteiger partial charge in [-0.2, -0.15) is 5.10 Å². The topological polar surface area (TPSA) is 73.8 Å². The van der Waals surface area contributed by atoms with Gasteiger partial charge in [-0.05, 0) is 24.3 Å². The van der Waals surface area contributed by atoms with Gasteiger partial charge in [-0.25, -0.2) is 9.78 Å². The van der Waals surface area contributed by atoms with Crippen molar-refractivity contribution in [2.24, 2.45) is 0 Å². The lowest BCUT2D eigenvalue weighted by Crippen LogP contribution is -2.16. The van der Waals surface area contributed by atoms with Crippen molar-refractivity contribution in [2.45, 2.75) is 6.54 Å². The summed E-state index contributed by atoms with van der Waals surface area (Å²) in [5.41, 5.74) is 1.54. The predicted molar refractivity (Wildman–Crippen MR) is 64.4 cm³/mol. The monoisotopic (exact) mass is 262 g/mol. The molecule has 0 saturated carbocycles. The quantitative estimate of drug-likeness (QED) is 0.699. The predicted octanol–water partition coefficient (Wildman–Crippen LogP) is 1.48. The maximum atomic E-state index is 11.7. The van der Waals surface area contributed by atoms with Gasteiger partial charge in [0.1, 0.15) is 0 Å². The van der Waals surface area contributed by atoms with Gasteiger partial charge in [-0.1, -0.05) is 11.6 Å². The number of hydrogen-bond acceptors (Lipinski definition) is 5. The molecule has 0 atom stereocenters. The molecule has 0 aromatic carbocycles. The molecule has 0 spiro atoms. The Kier molecular flexibility index (Phi) is 2.56. The van der Waals surface area contributed by atoms with Crippen LogP contribution in [0.2, 0.25) is 5.15 Å². The second kappa shape index (κ2) is 4.23. The van der Waals surface area contributed by atoms with Crippen molar-refractivity contribution in [3.8, 4) is 0 Å². The molecule has 0 bridgehead atoms. The molecule has 90 valence electrons. The van der Waals surface area contributed by atoms with E-state index in [2.05, 4.69) is 15.2 Å². The number of pyridine rings is 1. The van der Waals surface area contributed by atoms with Crippen molar-refractivity contribution in [2.75, 3.05) is 0 Å². The molecular formula is C11H7ClN4O2. The lowest BCUT2D eigenvalue weighted by atomic mass is 10.4. The van der Waals surface area contributed by atoms with Gasteiger partial charge in [-0.3, -0.25) is 4.57 Å². The Morgan fingerprint density at radius 2 is 2.17 bits per heavy atom. The first-order valence-corrected chi connectivity index (χ1v) is 5.54. The SMILES string of the molecule is O=c1oc2cccnc2n1Cc1ccc(Cl)nn1. The van der Waals surface area contributed by atoms with E-state index in [1.165, 1.54) is 4.57 Å². The van der Waals surface area contributed by atoms with E-state index in [1.54, 1.807) is 30.5 Å². The molecule has 3 rings (SSSR count). The molecule has 18 heavy (non-hydrogen) atoms. The normalized spacial score (nSPS) is 10.9. The van der Waals surface area contributed by atoms with Crippen LogP contribution in [-0.2, 0) is 6.54 Å². The molecule has 7 heteroatoms. The van der Waals surface area contributed by atoms with Gasteiger partial charge >= 0.3 is 5.76 Å². The molecule has 0 fully saturated rings. The maximum Gasteiger partial charge on any atom is 0.421 e. The summed E-state index contributed by atoms with van der Waals surface area (Å²) in [7, 11) is 0. The summed E-state index contributed by atoms with van der Waals surface area (Å²) in [5, 5.41) is 7.92. The molecule has 0 aliphatic carbocycles. The molecule has 0 saturated heterocycles. The number of fused-ring (bicyclic) bond motifs is 1. The minimum Gasteiger partial charge on any atom is -0.406 e. The van der Waals surface area contributed by atoms with Crippen LogP contribution in [0.3, 0.4) is 0 Å². The molecule has 0 unspecified atom stereocenters. The van der Waals surface area contributed by atoms with Crippen LogP contribution in [0.25, 0.3) is 11.2 Å². The molecule has 6 nitrogen and oxygen atoms in total. The lowest BCUT2D eigenvalue weighted by Gasteiger charge is -1.99. The van der Waals surface area contributed by atoms with Crippen LogP contribution >= 0.6 is 11.6 Å². The summed E-state index contributed by atoms with van der Waals surface area (Å²) in [5.74, 6) is -0.472. The molecule has 0 aliphatic rings. The Hall–Kier alpha value is -2.21. The van der Waals surface area contributed by atoms with Gasteiger partial charge in [0.15, 0.2) is 16.4 Å². The molecule has 3 heterocycles. The van der Waals surface area contributed by atoms with Crippen LogP contribution in [0.15, 0.2) is 39.7 Å². The summed E-state index contributed by atoms with van der Waals surface area (Å²) < 4.78 is 6.46. The summed E-state index contributed by atoms with van der Waals surface area (Å²) in [4.78, 5) is 15.8. The van der Waals surface area contributed by atoms with E-state index >= 15 is 0 Å². The number of halogens is 1. The van der Waals surface area contributed by atoms with E-state index in [0.717, 1.165) is 0 Å². The second-order valence-electron chi connectivity index (χ2n) is 3.63. The summed E-state index contributed by atoms with van der Waals surface area (Å²) in [6, 6.07) is 6.71. The third-order valence-corrected chi connectivity index (χ3v) is 2.63. The Labute approximate surface area is 106 Å². The van der Waals surface area contributed by atoms with Crippen molar-refractivity contribution < 1.29 is 4.42 Å². The number of rotatable bonds is 2. The van der Waals surface area contributed by atoms with E-state index in [0.29, 0.717) is 22.1 Å². The van der Waals surface area contributed by atoms with E-state index in [1.807, 2.05) is 0 Å². The minimum absolute atomic E-state index is 0.243. The van der Waals surface area contributed by atoms with Crippen molar-refractivity contribution in [1.82, 2.24) is 19.7 Å². The molecule has 3 aromatic rings. The third kappa shape index (κ3) is 1.86. The van der Waals surface area contributed by atoms with Crippen LogP contribution in [0.4, 0.5) is 0 Å². The molecule has 0 aliphatic heterocycles. The minimum atomic E-state index is -0.472. The van der Waals surface area contributed by atoms with Crippen LogP contribution in [-0.4, -0.2) is 19.7 Å². The van der Waals surface area contributed by atoms with Crippen LogP contribution < -0.4 is 5.76 Å². The highest BCUT2D eigenvalue weighted by Gasteiger charge is 2.10. The summed E-state index contributed by atoms with van der Waals surface area (Å²) in [6.07, 6.45) is 1.60. The maximum absolute atomic E-state index is 11.7.